The van der Waals surface area contributed by atoms with Crippen LogP contribution in [0.2, 0.25) is 5.02 Å². The Morgan fingerprint density at radius 1 is 1.00 bits per heavy atom. The zero-order valence-corrected chi connectivity index (χ0v) is 16.9. The average Bonchev–Trinajstić information content (AvgIpc) is 3.41. The first kappa shape index (κ1) is 19.4. The van der Waals surface area contributed by atoms with Crippen LogP contribution >= 0.6 is 11.6 Å². The van der Waals surface area contributed by atoms with E-state index < -0.39 is 0 Å². The summed E-state index contributed by atoms with van der Waals surface area (Å²) in [6.07, 6.45) is 0.570. The molecular formula is C22H25ClN2O2. The number of halogens is 1. The van der Waals surface area contributed by atoms with E-state index in [1.54, 1.807) is 12.1 Å². The number of hydrogen-bond acceptors (Lipinski definition) is 2. The fourth-order valence-corrected chi connectivity index (χ4v) is 3.48. The van der Waals surface area contributed by atoms with Crippen molar-refractivity contribution in [1.82, 2.24) is 0 Å². The third-order valence-electron chi connectivity index (χ3n) is 5.16. The van der Waals surface area contributed by atoms with Gasteiger partial charge in [0.15, 0.2) is 0 Å². The van der Waals surface area contributed by atoms with E-state index >= 15 is 0 Å². The number of nitrogens with one attached hydrogen (secondary N) is 2. The van der Waals surface area contributed by atoms with Crippen molar-refractivity contribution < 1.29 is 9.59 Å². The maximum atomic E-state index is 12.7. The maximum absolute atomic E-state index is 12.7. The van der Waals surface area contributed by atoms with Crippen LogP contribution in [0.3, 0.4) is 0 Å². The van der Waals surface area contributed by atoms with Gasteiger partial charge in [-0.15, -0.1) is 0 Å². The Bertz CT molecular complexity index is 892. The molecule has 2 atom stereocenters. The Labute approximate surface area is 165 Å². The standard InChI is InChI=1S/C22H25ClN2O2/c1-12(2)15-8-5-7-13(3)20(15)25-22(27)17-11-16(17)21(26)24-19-10-6-9-18(23)14(19)4/h5-10,12,16-17H,11H2,1-4H3,(H,24,26)(H,25,27). The Balaban J connectivity index is 1.66. The summed E-state index contributed by atoms with van der Waals surface area (Å²) >= 11 is 6.10. The van der Waals surface area contributed by atoms with Gasteiger partial charge in [0.05, 0.1) is 11.8 Å². The van der Waals surface area contributed by atoms with E-state index in [0.717, 1.165) is 22.4 Å². The van der Waals surface area contributed by atoms with Crippen molar-refractivity contribution in [2.24, 2.45) is 11.8 Å². The van der Waals surface area contributed by atoms with Crippen molar-refractivity contribution in [1.29, 1.82) is 0 Å². The second-order valence-corrected chi connectivity index (χ2v) is 7.94. The van der Waals surface area contributed by atoms with E-state index in [2.05, 4.69) is 24.5 Å². The van der Waals surface area contributed by atoms with Gasteiger partial charge in [0.2, 0.25) is 11.8 Å². The minimum atomic E-state index is -0.296. The van der Waals surface area contributed by atoms with Gasteiger partial charge in [-0.2, -0.15) is 0 Å². The van der Waals surface area contributed by atoms with Crippen molar-refractivity contribution in [3.63, 3.8) is 0 Å². The number of para-hydroxylation sites is 1. The SMILES string of the molecule is Cc1cccc(C(C)C)c1NC(=O)C1CC1C(=O)Nc1cccc(Cl)c1C. The molecule has 1 aliphatic rings. The summed E-state index contributed by atoms with van der Waals surface area (Å²) in [5.41, 5.74) is 4.54. The lowest BCUT2D eigenvalue weighted by molar-refractivity contribution is -0.122. The number of hydrogen-bond donors (Lipinski definition) is 2. The third kappa shape index (κ3) is 4.16. The number of rotatable bonds is 5. The smallest absolute Gasteiger partial charge is 0.228 e. The topological polar surface area (TPSA) is 58.2 Å². The van der Waals surface area contributed by atoms with Crippen molar-refractivity contribution >= 4 is 34.8 Å². The van der Waals surface area contributed by atoms with E-state index in [0.29, 0.717) is 23.0 Å². The number of aryl methyl sites for hydroxylation is 1. The Morgan fingerprint density at radius 3 is 2.30 bits per heavy atom. The van der Waals surface area contributed by atoms with Gasteiger partial charge in [-0.3, -0.25) is 9.59 Å². The molecule has 0 saturated heterocycles. The largest absolute Gasteiger partial charge is 0.326 e. The lowest BCUT2D eigenvalue weighted by Gasteiger charge is -2.16. The van der Waals surface area contributed by atoms with E-state index in [1.807, 2.05) is 38.1 Å². The molecule has 2 amide bonds. The highest BCUT2D eigenvalue weighted by Crippen LogP contribution is 2.41. The normalized spacial score (nSPS) is 18.3. The molecule has 27 heavy (non-hydrogen) atoms. The summed E-state index contributed by atoms with van der Waals surface area (Å²) in [5, 5.41) is 6.56. The minimum absolute atomic E-state index is 0.0887. The van der Waals surface area contributed by atoms with Crippen LogP contribution in [-0.2, 0) is 9.59 Å². The number of carbonyl (C=O) groups excluding carboxylic acids is 2. The van der Waals surface area contributed by atoms with Crippen LogP contribution in [0, 0.1) is 25.7 Å². The fraction of sp³-hybridized carbons (Fsp3) is 0.364. The van der Waals surface area contributed by atoms with Crippen LogP contribution in [0.5, 0.6) is 0 Å². The highest BCUT2D eigenvalue weighted by atomic mass is 35.5. The lowest BCUT2D eigenvalue weighted by Crippen LogP contribution is -2.21. The molecule has 0 spiro atoms. The number of benzene rings is 2. The van der Waals surface area contributed by atoms with Gasteiger partial charge in [0.1, 0.15) is 0 Å². The summed E-state index contributed by atoms with van der Waals surface area (Å²) in [5.74, 6) is -0.494. The quantitative estimate of drug-likeness (QED) is 0.735. The molecule has 0 radical (unpaired) electrons. The molecule has 0 aliphatic heterocycles. The molecule has 0 heterocycles. The fourth-order valence-electron chi connectivity index (χ4n) is 3.30. The number of carbonyl (C=O) groups is 2. The van der Waals surface area contributed by atoms with Crippen LogP contribution in [0.25, 0.3) is 0 Å². The Kier molecular flexibility index (Phi) is 5.56. The molecule has 0 bridgehead atoms. The van der Waals surface area contributed by atoms with Crippen molar-refractivity contribution in [3.05, 3.63) is 58.1 Å². The van der Waals surface area contributed by atoms with Crippen LogP contribution in [0.15, 0.2) is 36.4 Å². The molecule has 2 unspecified atom stereocenters. The predicted octanol–water partition coefficient (Wildman–Crippen LogP) is 5.29. The van der Waals surface area contributed by atoms with E-state index in [4.69, 9.17) is 11.6 Å². The van der Waals surface area contributed by atoms with Gasteiger partial charge < -0.3 is 10.6 Å². The van der Waals surface area contributed by atoms with Gasteiger partial charge in [0.25, 0.3) is 0 Å². The molecule has 2 N–H and O–H groups in total. The Morgan fingerprint density at radius 2 is 1.63 bits per heavy atom. The third-order valence-corrected chi connectivity index (χ3v) is 5.57. The molecule has 142 valence electrons. The summed E-state index contributed by atoms with van der Waals surface area (Å²) in [7, 11) is 0. The van der Waals surface area contributed by atoms with Crippen molar-refractivity contribution in [2.45, 2.75) is 40.0 Å². The molecule has 1 fully saturated rings. The van der Waals surface area contributed by atoms with E-state index in [9.17, 15) is 9.59 Å². The first-order chi connectivity index (χ1) is 12.8. The summed E-state index contributed by atoms with van der Waals surface area (Å²) in [4.78, 5) is 25.2. The van der Waals surface area contributed by atoms with E-state index in [-0.39, 0.29) is 23.7 Å². The van der Waals surface area contributed by atoms with Gasteiger partial charge in [-0.05, 0) is 55.0 Å². The van der Waals surface area contributed by atoms with Gasteiger partial charge >= 0.3 is 0 Å². The first-order valence-electron chi connectivity index (χ1n) is 9.26. The molecule has 5 heteroatoms. The maximum Gasteiger partial charge on any atom is 0.228 e. The second kappa shape index (κ2) is 7.73. The zero-order chi connectivity index (χ0) is 19.7. The number of anilines is 2. The summed E-state index contributed by atoms with van der Waals surface area (Å²) < 4.78 is 0. The molecule has 3 rings (SSSR count). The molecule has 2 aromatic rings. The molecule has 1 aliphatic carbocycles. The highest BCUT2D eigenvalue weighted by molar-refractivity contribution is 6.31. The van der Waals surface area contributed by atoms with Crippen LogP contribution in [0.1, 0.15) is 42.9 Å². The molecule has 1 saturated carbocycles. The van der Waals surface area contributed by atoms with Gasteiger partial charge in [0, 0.05) is 16.4 Å². The average molecular weight is 385 g/mol. The van der Waals surface area contributed by atoms with Crippen LogP contribution in [0.4, 0.5) is 11.4 Å². The van der Waals surface area contributed by atoms with Crippen LogP contribution in [-0.4, -0.2) is 11.8 Å². The van der Waals surface area contributed by atoms with Gasteiger partial charge in [-0.1, -0.05) is 49.7 Å². The summed E-state index contributed by atoms with van der Waals surface area (Å²) in [6, 6.07) is 11.4. The predicted molar refractivity (Wildman–Crippen MR) is 110 cm³/mol. The van der Waals surface area contributed by atoms with E-state index in [1.165, 1.54) is 0 Å². The summed E-state index contributed by atoms with van der Waals surface area (Å²) in [6.45, 7) is 8.05. The second-order valence-electron chi connectivity index (χ2n) is 7.53. The number of amides is 2. The zero-order valence-electron chi connectivity index (χ0n) is 16.1. The molecule has 2 aromatic carbocycles. The lowest BCUT2D eigenvalue weighted by atomic mass is 9.98. The van der Waals surface area contributed by atoms with Crippen LogP contribution < -0.4 is 10.6 Å². The first-order valence-corrected chi connectivity index (χ1v) is 9.63. The van der Waals surface area contributed by atoms with Crippen molar-refractivity contribution in [3.8, 4) is 0 Å². The molecule has 0 aromatic heterocycles. The van der Waals surface area contributed by atoms with Gasteiger partial charge in [-0.25, -0.2) is 0 Å². The van der Waals surface area contributed by atoms with Crippen molar-refractivity contribution in [2.75, 3.05) is 10.6 Å². The molecular weight excluding hydrogens is 360 g/mol. The Hall–Kier alpha value is -2.33. The monoisotopic (exact) mass is 384 g/mol. The molecule has 4 nitrogen and oxygen atoms in total. The minimum Gasteiger partial charge on any atom is -0.326 e. The highest BCUT2D eigenvalue weighted by Gasteiger charge is 2.48.